The number of piperazine rings is 1. The second-order valence-electron chi connectivity index (χ2n) is 11.2. The number of hydrogen-bond donors (Lipinski definition) is 1. The van der Waals surface area contributed by atoms with Gasteiger partial charge in [-0.25, -0.2) is 19.7 Å². The number of amides is 1. The highest BCUT2D eigenvalue weighted by molar-refractivity contribution is 6.35. The number of piperidine rings is 1. The van der Waals surface area contributed by atoms with Gasteiger partial charge in [0, 0.05) is 67.0 Å². The Balaban J connectivity index is 1.18. The molecular formula is C30H35Cl2N7O3. The smallest absolute Gasteiger partial charge is 0.406 e. The van der Waals surface area contributed by atoms with Gasteiger partial charge in [0.2, 0.25) is 11.8 Å². The number of pyridine rings is 1. The van der Waals surface area contributed by atoms with Crippen molar-refractivity contribution in [2.24, 2.45) is 5.92 Å². The Morgan fingerprint density at radius 2 is 1.74 bits per heavy atom. The predicted molar refractivity (Wildman–Crippen MR) is 162 cm³/mol. The van der Waals surface area contributed by atoms with Gasteiger partial charge < -0.3 is 19.7 Å². The van der Waals surface area contributed by atoms with Crippen LogP contribution in [-0.2, 0) is 11.3 Å². The summed E-state index contributed by atoms with van der Waals surface area (Å²) in [6.07, 6.45) is 6.20. The molecule has 0 spiro atoms. The molecule has 12 heteroatoms. The Labute approximate surface area is 255 Å². The van der Waals surface area contributed by atoms with E-state index in [4.69, 9.17) is 37.7 Å². The topological polar surface area (TPSA) is 95.9 Å². The molecule has 222 valence electrons. The van der Waals surface area contributed by atoms with Crippen LogP contribution in [0.5, 0.6) is 11.6 Å². The number of hydrogen-bond acceptors (Lipinski definition) is 9. The van der Waals surface area contributed by atoms with Gasteiger partial charge in [-0.1, -0.05) is 23.2 Å². The van der Waals surface area contributed by atoms with E-state index in [1.54, 1.807) is 18.5 Å². The molecule has 0 radical (unpaired) electrons. The number of rotatable bonds is 8. The summed E-state index contributed by atoms with van der Waals surface area (Å²) in [7, 11) is 1.38. The fraction of sp³-hybridized carbons (Fsp3) is 0.467. The van der Waals surface area contributed by atoms with Crippen molar-refractivity contribution in [3.8, 4) is 22.9 Å². The SMILES string of the molecule is COC(=O)NCC1CCN(Cc2cc(Oc3cnc(N4CCN5CCC4C5)nc3)nc(-c3cc(Cl)cc(Cl)c3)c2)CC1. The second-order valence-corrected chi connectivity index (χ2v) is 12.1. The van der Waals surface area contributed by atoms with Crippen molar-refractivity contribution in [3.63, 3.8) is 0 Å². The molecule has 1 amide bonds. The van der Waals surface area contributed by atoms with Crippen LogP contribution >= 0.6 is 23.2 Å². The normalized spacial score (nSPS) is 20.9. The maximum atomic E-state index is 11.4. The van der Waals surface area contributed by atoms with Gasteiger partial charge in [-0.3, -0.25) is 9.80 Å². The molecule has 0 saturated carbocycles. The highest BCUT2D eigenvalue weighted by Gasteiger charge is 2.33. The Bertz CT molecular complexity index is 1380. The van der Waals surface area contributed by atoms with Crippen LogP contribution in [0.1, 0.15) is 24.8 Å². The Morgan fingerprint density at radius 1 is 0.976 bits per heavy atom. The quantitative estimate of drug-likeness (QED) is 0.373. The van der Waals surface area contributed by atoms with E-state index in [0.717, 1.165) is 87.8 Å². The van der Waals surface area contributed by atoms with Crippen molar-refractivity contribution in [2.75, 3.05) is 57.8 Å². The Hall–Kier alpha value is -3.18. The minimum absolute atomic E-state index is 0.382. The van der Waals surface area contributed by atoms with Crippen molar-refractivity contribution in [2.45, 2.75) is 31.8 Å². The van der Waals surface area contributed by atoms with Crippen molar-refractivity contribution < 1.29 is 14.3 Å². The van der Waals surface area contributed by atoms with Crippen molar-refractivity contribution in [3.05, 3.63) is 58.3 Å². The first-order chi connectivity index (χ1) is 20.4. The van der Waals surface area contributed by atoms with Crippen LogP contribution in [0.4, 0.5) is 10.7 Å². The van der Waals surface area contributed by atoms with Gasteiger partial charge >= 0.3 is 6.09 Å². The van der Waals surface area contributed by atoms with Gasteiger partial charge in [-0.05, 0) is 68.1 Å². The number of halogens is 2. The van der Waals surface area contributed by atoms with E-state index in [9.17, 15) is 4.79 Å². The van der Waals surface area contributed by atoms with E-state index in [0.29, 0.717) is 40.2 Å². The molecule has 5 heterocycles. The summed E-state index contributed by atoms with van der Waals surface area (Å²) in [6.45, 7) is 7.44. The molecule has 2 unspecified atom stereocenters. The zero-order valence-electron chi connectivity index (χ0n) is 23.6. The van der Waals surface area contributed by atoms with Gasteiger partial charge in [-0.2, -0.15) is 0 Å². The number of carbonyl (C=O) groups excluding carboxylic acids is 1. The lowest BCUT2D eigenvalue weighted by Crippen LogP contribution is -2.47. The third-order valence-corrected chi connectivity index (χ3v) is 8.73. The first-order valence-electron chi connectivity index (χ1n) is 14.4. The number of benzene rings is 1. The highest BCUT2D eigenvalue weighted by Crippen LogP contribution is 2.31. The summed E-state index contributed by atoms with van der Waals surface area (Å²) in [4.78, 5) is 32.7. The Morgan fingerprint density at radius 3 is 2.48 bits per heavy atom. The van der Waals surface area contributed by atoms with Gasteiger partial charge in [0.25, 0.3) is 0 Å². The average molecular weight is 613 g/mol. The molecule has 3 aliphatic heterocycles. The maximum absolute atomic E-state index is 11.4. The molecule has 2 atom stereocenters. The second kappa shape index (κ2) is 13.0. The summed E-state index contributed by atoms with van der Waals surface area (Å²) in [5, 5.41) is 3.91. The standard InChI is InChI=1S/C30H35Cl2N7O3/c1-41-30(40)35-15-20-2-5-37(6-3-20)18-21-10-27(22-12-23(31)14-24(32)13-22)36-28(11-21)42-26-16-33-29(34-17-26)39-9-8-38-7-4-25(39)19-38/h10-14,16-17,20,25H,2-9,15,18-19H2,1H3,(H,35,40). The van der Waals surface area contributed by atoms with E-state index >= 15 is 0 Å². The number of nitrogens with one attached hydrogen (secondary N) is 1. The van der Waals surface area contributed by atoms with Crippen LogP contribution in [0.3, 0.4) is 0 Å². The first kappa shape index (κ1) is 28.9. The summed E-state index contributed by atoms with van der Waals surface area (Å²) < 4.78 is 10.9. The molecule has 0 aliphatic carbocycles. The molecule has 1 aromatic carbocycles. The van der Waals surface area contributed by atoms with E-state index in [-0.39, 0.29) is 6.09 Å². The lowest BCUT2D eigenvalue weighted by Gasteiger charge is -2.34. The van der Waals surface area contributed by atoms with Crippen LogP contribution in [0, 0.1) is 5.92 Å². The van der Waals surface area contributed by atoms with Gasteiger partial charge in [0.05, 0.1) is 25.2 Å². The monoisotopic (exact) mass is 611 g/mol. The number of anilines is 1. The van der Waals surface area contributed by atoms with Crippen molar-refractivity contribution in [1.82, 2.24) is 30.1 Å². The molecule has 2 aromatic heterocycles. The van der Waals surface area contributed by atoms with E-state index < -0.39 is 0 Å². The van der Waals surface area contributed by atoms with E-state index in [1.165, 1.54) is 7.11 Å². The Kier molecular flexibility index (Phi) is 8.95. The number of aromatic nitrogens is 3. The summed E-state index contributed by atoms with van der Waals surface area (Å²) in [6, 6.07) is 9.91. The molecule has 42 heavy (non-hydrogen) atoms. The lowest BCUT2D eigenvalue weighted by molar-refractivity contribution is 0.155. The molecular weight excluding hydrogens is 577 g/mol. The summed E-state index contributed by atoms with van der Waals surface area (Å²) >= 11 is 12.7. The molecule has 6 rings (SSSR count). The fourth-order valence-corrected chi connectivity index (χ4v) is 6.58. The van der Waals surface area contributed by atoms with Crippen LogP contribution in [-0.4, -0.2) is 89.8 Å². The highest BCUT2D eigenvalue weighted by atomic mass is 35.5. The average Bonchev–Trinajstić information content (AvgIpc) is 3.36. The molecule has 3 aliphatic rings. The summed E-state index contributed by atoms with van der Waals surface area (Å²) in [5.74, 6) is 2.16. The number of likely N-dealkylation sites (tertiary alicyclic amines) is 1. The van der Waals surface area contributed by atoms with Crippen LogP contribution in [0.25, 0.3) is 11.3 Å². The number of carbonyl (C=O) groups is 1. The molecule has 3 aromatic rings. The van der Waals surface area contributed by atoms with Crippen molar-refractivity contribution >= 4 is 35.2 Å². The van der Waals surface area contributed by atoms with Crippen LogP contribution in [0.15, 0.2) is 42.7 Å². The largest absolute Gasteiger partial charge is 0.453 e. The number of ether oxygens (including phenoxy) is 2. The van der Waals surface area contributed by atoms with Gasteiger partial charge in [-0.15, -0.1) is 0 Å². The molecule has 10 nitrogen and oxygen atoms in total. The third kappa shape index (κ3) is 7.06. The minimum atomic E-state index is -0.382. The summed E-state index contributed by atoms with van der Waals surface area (Å²) in [5.41, 5.74) is 2.60. The molecule has 1 N–H and O–H groups in total. The van der Waals surface area contributed by atoms with Crippen LogP contribution < -0.4 is 15.0 Å². The fourth-order valence-electron chi connectivity index (χ4n) is 6.05. The molecule has 3 saturated heterocycles. The molecule has 3 fully saturated rings. The van der Waals surface area contributed by atoms with Crippen LogP contribution in [0.2, 0.25) is 10.0 Å². The zero-order chi connectivity index (χ0) is 29.1. The number of fused-ring (bicyclic) bond motifs is 2. The zero-order valence-corrected chi connectivity index (χ0v) is 25.2. The molecule has 2 bridgehead atoms. The van der Waals surface area contributed by atoms with E-state index in [2.05, 4.69) is 36.1 Å². The number of alkyl carbamates (subject to hydrolysis) is 1. The minimum Gasteiger partial charge on any atom is -0.453 e. The van der Waals surface area contributed by atoms with Crippen molar-refractivity contribution in [1.29, 1.82) is 0 Å². The maximum Gasteiger partial charge on any atom is 0.406 e. The first-order valence-corrected chi connectivity index (χ1v) is 15.2. The number of methoxy groups -OCH3 is 1. The predicted octanol–water partition coefficient (Wildman–Crippen LogP) is 5.10. The van der Waals surface area contributed by atoms with Gasteiger partial charge in [0.1, 0.15) is 0 Å². The van der Waals surface area contributed by atoms with Gasteiger partial charge in [0.15, 0.2) is 5.75 Å². The van der Waals surface area contributed by atoms with E-state index in [1.807, 2.05) is 18.2 Å². The third-order valence-electron chi connectivity index (χ3n) is 8.29. The number of nitrogens with zero attached hydrogens (tertiary/aromatic N) is 6. The lowest BCUT2D eigenvalue weighted by atomic mass is 9.96.